The summed E-state index contributed by atoms with van der Waals surface area (Å²) in [4.78, 5) is 20.2. The lowest BCUT2D eigenvalue weighted by Gasteiger charge is -2.30. The molecule has 1 saturated carbocycles. The second-order valence-corrected chi connectivity index (χ2v) is 7.20. The maximum absolute atomic E-state index is 11.5. The van der Waals surface area contributed by atoms with E-state index in [2.05, 4.69) is 15.3 Å². The summed E-state index contributed by atoms with van der Waals surface area (Å²) in [5.74, 6) is 1.51. The zero-order valence-electron chi connectivity index (χ0n) is 16.3. The first-order valence-corrected chi connectivity index (χ1v) is 9.75. The predicted octanol–water partition coefficient (Wildman–Crippen LogP) is 3.54. The molecule has 2 heterocycles. The summed E-state index contributed by atoms with van der Waals surface area (Å²) in [6, 6.07) is 11.6. The van der Waals surface area contributed by atoms with E-state index in [0.29, 0.717) is 17.5 Å². The number of nitrogens with zero attached hydrogens (tertiary/aromatic N) is 2. The minimum atomic E-state index is -0.526. The van der Waals surface area contributed by atoms with Crippen molar-refractivity contribution in [2.75, 3.05) is 12.4 Å². The minimum Gasteiger partial charge on any atom is -0.497 e. The fourth-order valence-corrected chi connectivity index (χ4v) is 3.75. The zero-order chi connectivity index (χ0) is 20.2. The molecule has 0 saturated heterocycles. The van der Waals surface area contributed by atoms with Crippen LogP contribution in [0.3, 0.4) is 0 Å². The monoisotopic (exact) mass is 392 g/mol. The molecule has 29 heavy (non-hydrogen) atoms. The summed E-state index contributed by atoms with van der Waals surface area (Å²) >= 11 is 0. The minimum absolute atomic E-state index is 0.0192. The van der Waals surface area contributed by atoms with Crippen molar-refractivity contribution in [2.24, 2.45) is 5.73 Å². The summed E-state index contributed by atoms with van der Waals surface area (Å²) < 4.78 is 11.3. The molecule has 3 aromatic rings. The molecule has 4 rings (SSSR count). The number of hydrogen-bond donors (Lipinski definition) is 2. The van der Waals surface area contributed by atoms with Crippen LogP contribution in [-0.2, 0) is 0 Å². The molecule has 1 fully saturated rings. The van der Waals surface area contributed by atoms with Crippen LogP contribution in [0.1, 0.15) is 36.0 Å². The van der Waals surface area contributed by atoms with Gasteiger partial charge in [-0.15, -0.1) is 0 Å². The van der Waals surface area contributed by atoms with Gasteiger partial charge in [-0.05, 0) is 67.5 Å². The summed E-state index contributed by atoms with van der Waals surface area (Å²) in [6.07, 6.45) is 7.05. The highest BCUT2D eigenvalue weighted by atomic mass is 16.5. The summed E-state index contributed by atoms with van der Waals surface area (Å²) in [5, 5.41) is 5.74. The van der Waals surface area contributed by atoms with Crippen LogP contribution in [-0.4, -0.2) is 35.1 Å². The van der Waals surface area contributed by atoms with Crippen molar-refractivity contribution in [3.8, 4) is 11.6 Å². The van der Waals surface area contributed by atoms with Crippen molar-refractivity contribution >= 4 is 22.5 Å². The second-order valence-electron chi connectivity index (χ2n) is 7.20. The number of nitrogens with two attached hydrogens (primary N) is 1. The van der Waals surface area contributed by atoms with Crippen molar-refractivity contribution in [3.63, 3.8) is 0 Å². The Bertz CT molecular complexity index is 1020. The molecule has 7 nitrogen and oxygen atoms in total. The standard InChI is InChI=1S/C22H24N4O3/c1-28-17-8-9-18-14(13-17)10-12-24-21(18)26-15-4-6-16(7-5-15)29-22-19(20(23)27)3-2-11-25-22/h2-3,8-13,15-16H,4-7H2,1H3,(H2,23,27)(H,24,26)/t15-,16-. The molecule has 7 heteroatoms. The van der Waals surface area contributed by atoms with Crippen molar-refractivity contribution in [2.45, 2.75) is 37.8 Å². The topological polar surface area (TPSA) is 99.4 Å². The van der Waals surface area contributed by atoms with Crippen molar-refractivity contribution < 1.29 is 14.3 Å². The van der Waals surface area contributed by atoms with Crippen LogP contribution in [0.5, 0.6) is 11.6 Å². The number of aromatic nitrogens is 2. The number of carbonyl (C=O) groups is 1. The van der Waals surface area contributed by atoms with Crippen LogP contribution < -0.4 is 20.5 Å². The van der Waals surface area contributed by atoms with Crippen LogP contribution >= 0.6 is 0 Å². The van der Waals surface area contributed by atoms with E-state index >= 15 is 0 Å². The van der Waals surface area contributed by atoms with Crippen LogP contribution in [0, 0.1) is 0 Å². The Labute approximate surface area is 169 Å². The molecule has 0 aliphatic heterocycles. The lowest BCUT2D eigenvalue weighted by Crippen LogP contribution is -2.32. The highest BCUT2D eigenvalue weighted by molar-refractivity contribution is 5.95. The number of ether oxygens (including phenoxy) is 2. The molecule has 0 bridgehead atoms. The van der Waals surface area contributed by atoms with Gasteiger partial charge in [-0.1, -0.05) is 0 Å². The lowest BCUT2D eigenvalue weighted by molar-refractivity contribution is 0.0983. The van der Waals surface area contributed by atoms with E-state index in [1.54, 1.807) is 25.4 Å². The first kappa shape index (κ1) is 19.0. The molecule has 0 unspecified atom stereocenters. The Morgan fingerprint density at radius 2 is 1.93 bits per heavy atom. The van der Waals surface area contributed by atoms with Gasteiger partial charge in [0.15, 0.2) is 0 Å². The average molecular weight is 392 g/mol. The second kappa shape index (κ2) is 8.34. The van der Waals surface area contributed by atoms with Crippen LogP contribution in [0.4, 0.5) is 5.82 Å². The third kappa shape index (κ3) is 4.23. The molecule has 2 aromatic heterocycles. The summed E-state index contributed by atoms with van der Waals surface area (Å²) in [6.45, 7) is 0. The van der Waals surface area contributed by atoms with Gasteiger partial charge in [-0.3, -0.25) is 4.79 Å². The Morgan fingerprint density at radius 1 is 1.10 bits per heavy atom. The molecular formula is C22H24N4O3. The number of carbonyl (C=O) groups excluding carboxylic acids is 1. The lowest BCUT2D eigenvalue weighted by atomic mass is 9.92. The number of amides is 1. The van der Waals surface area contributed by atoms with E-state index in [1.165, 1.54) is 0 Å². The van der Waals surface area contributed by atoms with Gasteiger partial charge in [0.2, 0.25) is 5.88 Å². The molecule has 0 atom stereocenters. The van der Waals surface area contributed by atoms with Crippen LogP contribution in [0.15, 0.2) is 48.8 Å². The molecule has 1 aromatic carbocycles. The van der Waals surface area contributed by atoms with Gasteiger partial charge in [0.05, 0.1) is 7.11 Å². The fraction of sp³-hybridized carbons (Fsp3) is 0.318. The predicted molar refractivity (Wildman–Crippen MR) is 111 cm³/mol. The molecule has 1 aliphatic carbocycles. The number of pyridine rings is 2. The van der Waals surface area contributed by atoms with Gasteiger partial charge in [0.25, 0.3) is 5.91 Å². The first-order chi connectivity index (χ1) is 14.1. The van der Waals surface area contributed by atoms with E-state index < -0.39 is 5.91 Å². The van der Waals surface area contributed by atoms with Crippen molar-refractivity contribution in [1.82, 2.24) is 9.97 Å². The van der Waals surface area contributed by atoms with E-state index in [4.69, 9.17) is 15.2 Å². The largest absolute Gasteiger partial charge is 0.497 e. The number of primary amides is 1. The van der Waals surface area contributed by atoms with Crippen LogP contribution in [0.2, 0.25) is 0 Å². The van der Waals surface area contributed by atoms with Gasteiger partial charge >= 0.3 is 0 Å². The van der Waals surface area contributed by atoms with Gasteiger partial charge in [0.1, 0.15) is 23.2 Å². The fourth-order valence-electron chi connectivity index (χ4n) is 3.75. The number of benzene rings is 1. The maximum Gasteiger partial charge on any atom is 0.254 e. The van der Waals surface area contributed by atoms with E-state index in [1.807, 2.05) is 30.5 Å². The highest BCUT2D eigenvalue weighted by Gasteiger charge is 2.24. The molecular weight excluding hydrogens is 368 g/mol. The maximum atomic E-state index is 11.5. The summed E-state index contributed by atoms with van der Waals surface area (Å²) in [5.41, 5.74) is 5.73. The number of nitrogens with one attached hydrogen (secondary N) is 1. The number of methoxy groups -OCH3 is 1. The van der Waals surface area contributed by atoms with Crippen LogP contribution in [0.25, 0.3) is 10.8 Å². The molecule has 3 N–H and O–H groups in total. The third-order valence-electron chi connectivity index (χ3n) is 5.30. The first-order valence-electron chi connectivity index (χ1n) is 9.75. The number of rotatable bonds is 6. The van der Waals surface area contributed by atoms with E-state index in [9.17, 15) is 4.79 Å². The van der Waals surface area contributed by atoms with Crippen molar-refractivity contribution in [1.29, 1.82) is 0 Å². The normalized spacial score (nSPS) is 18.9. The van der Waals surface area contributed by atoms with Gasteiger partial charge in [0, 0.05) is 23.8 Å². The Hall–Kier alpha value is -3.35. The number of fused-ring (bicyclic) bond motifs is 1. The van der Waals surface area contributed by atoms with E-state index in [0.717, 1.165) is 48.0 Å². The average Bonchev–Trinajstić information content (AvgIpc) is 2.75. The molecule has 0 radical (unpaired) electrons. The SMILES string of the molecule is COc1ccc2c(N[C@H]3CC[C@H](Oc4ncccc4C(N)=O)CC3)nccc2c1. The number of anilines is 1. The number of hydrogen-bond acceptors (Lipinski definition) is 6. The van der Waals surface area contributed by atoms with Gasteiger partial charge in [-0.25, -0.2) is 9.97 Å². The van der Waals surface area contributed by atoms with Gasteiger partial charge < -0.3 is 20.5 Å². The smallest absolute Gasteiger partial charge is 0.254 e. The van der Waals surface area contributed by atoms with Gasteiger partial charge in [-0.2, -0.15) is 0 Å². The molecule has 1 amide bonds. The Kier molecular flexibility index (Phi) is 5.46. The summed E-state index contributed by atoms with van der Waals surface area (Å²) in [7, 11) is 1.67. The zero-order valence-corrected chi connectivity index (χ0v) is 16.3. The quantitative estimate of drug-likeness (QED) is 0.666. The molecule has 0 spiro atoms. The van der Waals surface area contributed by atoms with Crippen molar-refractivity contribution in [3.05, 3.63) is 54.4 Å². The highest BCUT2D eigenvalue weighted by Crippen LogP contribution is 2.29. The molecule has 1 aliphatic rings. The Morgan fingerprint density at radius 3 is 2.69 bits per heavy atom. The third-order valence-corrected chi connectivity index (χ3v) is 5.30. The molecule has 150 valence electrons. The Balaban J connectivity index is 1.40. The van der Waals surface area contributed by atoms with E-state index in [-0.39, 0.29) is 6.10 Å².